The van der Waals surface area contributed by atoms with E-state index in [9.17, 15) is 5.11 Å². The van der Waals surface area contributed by atoms with Crippen molar-refractivity contribution in [2.24, 2.45) is 0 Å². The second-order valence-corrected chi connectivity index (χ2v) is 5.23. The number of hydrogen-bond donors (Lipinski definition) is 1. The summed E-state index contributed by atoms with van der Waals surface area (Å²) in [5.41, 5.74) is 1.79. The number of fused-ring (bicyclic) bond motifs is 1. The molecule has 20 heavy (non-hydrogen) atoms. The number of rotatable bonds is 3. The molecule has 1 N–H and O–H groups in total. The summed E-state index contributed by atoms with van der Waals surface area (Å²) in [5, 5.41) is 10.9. The molecule has 0 amide bonds. The number of benzene rings is 2. The van der Waals surface area contributed by atoms with E-state index >= 15 is 0 Å². The molecule has 1 aliphatic heterocycles. The fraction of sp³-hybridized carbons (Fsp3) is 0.294. The third kappa shape index (κ3) is 2.14. The molecule has 0 fully saturated rings. The Morgan fingerprint density at radius 2 is 1.95 bits per heavy atom. The molecule has 3 heteroatoms. The maximum absolute atomic E-state index is 10.9. The van der Waals surface area contributed by atoms with E-state index in [-0.39, 0.29) is 0 Å². The molecule has 1 unspecified atom stereocenters. The van der Waals surface area contributed by atoms with Gasteiger partial charge in [0.1, 0.15) is 17.1 Å². The predicted molar refractivity (Wildman–Crippen MR) is 77.3 cm³/mol. The molecule has 3 nitrogen and oxygen atoms in total. The largest absolute Gasteiger partial charge is 0.497 e. The van der Waals surface area contributed by atoms with Crippen molar-refractivity contribution in [2.45, 2.75) is 18.9 Å². The van der Waals surface area contributed by atoms with Gasteiger partial charge in [0, 0.05) is 6.42 Å². The lowest BCUT2D eigenvalue weighted by Gasteiger charge is -2.25. The van der Waals surface area contributed by atoms with Crippen molar-refractivity contribution < 1.29 is 14.6 Å². The monoisotopic (exact) mass is 270 g/mol. The topological polar surface area (TPSA) is 38.7 Å². The van der Waals surface area contributed by atoms with Crippen molar-refractivity contribution in [1.82, 2.24) is 0 Å². The Kier molecular flexibility index (Phi) is 3.14. The summed E-state index contributed by atoms with van der Waals surface area (Å²) in [6, 6.07) is 13.4. The second-order valence-electron chi connectivity index (χ2n) is 5.23. The van der Waals surface area contributed by atoms with Crippen molar-refractivity contribution in [1.29, 1.82) is 0 Å². The molecule has 104 valence electrons. The van der Waals surface area contributed by atoms with Gasteiger partial charge in [0.05, 0.1) is 13.7 Å². The third-order valence-electron chi connectivity index (χ3n) is 3.88. The lowest BCUT2D eigenvalue weighted by Crippen LogP contribution is -2.22. The first-order valence-corrected chi connectivity index (χ1v) is 6.74. The summed E-state index contributed by atoms with van der Waals surface area (Å²) in [6.45, 7) is 2.53. The van der Waals surface area contributed by atoms with Crippen LogP contribution < -0.4 is 9.47 Å². The Bertz CT molecular complexity index is 632. The molecule has 3 rings (SSSR count). The zero-order chi connectivity index (χ0) is 14.2. The quantitative estimate of drug-likeness (QED) is 0.932. The van der Waals surface area contributed by atoms with E-state index in [1.54, 1.807) is 14.0 Å². The summed E-state index contributed by atoms with van der Waals surface area (Å²) < 4.78 is 10.7. The van der Waals surface area contributed by atoms with Crippen molar-refractivity contribution in [2.75, 3.05) is 13.7 Å². The first-order valence-electron chi connectivity index (χ1n) is 6.74. The zero-order valence-electron chi connectivity index (χ0n) is 11.7. The number of aliphatic hydroxyl groups is 1. The van der Waals surface area contributed by atoms with Gasteiger partial charge < -0.3 is 14.6 Å². The molecule has 0 saturated heterocycles. The van der Waals surface area contributed by atoms with Crippen LogP contribution in [0.3, 0.4) is 0 Å². The lowest BCUT2D eigenvalue weighted by molar-refractivity contribution is 0.102. The molecule has 2 aromatic rings. The second kappa shape index (κ2) is 4.84. The molecule has 0 bridgehead atoms. The average molecular weight is 270 g/mol. The first kappa shape index (κ1) is 13.0. The molecule has 2 aromatic carbocycles. The molecule has 0 radical (unpaired) electrons. The minimum Gasteiger partial charge on any atom is -0.497 e. The van der Waals surface area contributed by atoms with Crippen LogP contribution in [0.25, 0.3) is 0 Å². The van der Waals surface area contributed by atoms with Crippen LogP contribution in [0.2, 0.25) is 0 Å². The normalized spacial score (nSPS) is 16.1. The SMILES string of the molecule is COc1cccc(C(C)(O)c2ccc3c(c2)CCO3)c1. The maximum Gasteiger partial charge on any atom is 0.122 e. The fourth-order valence-corrected chi connectivity index (χ4v) is 2.58. The van der Waals surface area contributed by atoms with Crippen LogP contribution in [-0.4, -0.2) is 18.8 Å². The van der Waals surface area contributed by atoms with Gasteiger partial charge in [0.15, 0.2) is 0 Å². The maximum atomic E-state index is 10.9. The van der Waals surface area contributed by atoms with E-state index in [4.69, 9.17) is 9.47 Å². The third-order valence-corrected chi connectivity index (χ3v) is 3.88. The standard InChI is InChI=1S/C17H18O3/c1-17(18,13-4-3-5-15(11-13)19-2)14-6-7-16-12(10-14)8-9-20-16/h3-7,10-11,18H,8-9H2,1-2H3. The van der Waals surface area contributed by atoms with Gasteiger partial charge in [0.2, 0.25) is 0 Å². The highest BCUT2D eigenvalue weighted by Gasteiger charge is 2.27. The van der Waals surface area contributed by atoms with Crippen molar-refractivity contribution in [3.05, 3.63) is 59.2 Å². The van der Waals surface area contributed by atoms with Crippen LogP contribution in [0, 0.1) is 0 Å². The van der Waals surface area contributed by atoms with Crippen LogP contribution in [-0.2, 0) is 12.0 Å². The average Bonchev–Trinajstić information content (AvgIpc) is 2.94. The summed E-state index contributed by atoms with van der Waals surface area (Å²) in [7, 11) is 1.63. The van der Waals surface area contributed by atoms with Gasteiger partial charge in [-0.05, 0) is 47.9 Å². The van der Waals surface area contributed by atoms with Crippen molar-refractivity contribution >= 4 is 0 Å². The fourth-order valence-electron chi connectivity index (χ4n) is 2.58. The Balaban J connectivity index is 2.02. The molecule has 0 saturated carbocycles. The van der Waals surface area contributed by atoms with Gasteiger partial charge in [-0.15, -0.1) is 0 Å². The van der Waals surface area contributed by atoms with Crippen LogP contribution in [0.5, 0.6) is 11.5 Å². The van der Waals surface area contributed by atoms with Crippen molar-refractivity contribution in [3.63, 3.8) is 0 Å². The molecule has 0 aliphatic carbocycles. The van der Waals surface area contributed by atoms with E-state index < -0.39 is 5.60 Å². The molecular weight excluding hydrogens is 252 g/mol. The highest BCUT2D eigenvalue weighted by atomic mass is 16.5. The number of hydrogen-bond acceptors (Lipinski definition) is 3. The van der Waals surface area contributed by atoms with Gasteiger partial charge in [-0.3, -0.25) is 0 Å². The van der Waals surface area contributed by atoms with Crippen LogP contribution in [0.1, 0.15) is 23.6 Å². The predicted octanol–water partition coefficient (Wildman–Crippen LogP) is 2.89. The molecule has 0 spiro atoms. The summed E-state index contributed by atoms with van der Waals surface area (Å²) in [5.74, 6) is 1.67. The smallest absolute Gasteiger partial charge is 0.122 e. The zero-order valence-corrected chi connectivity index (χ0v) is 11.7. The highest BCUT2D eigenvalue weighted by molar-refractivity contribution is 5.45. The Morgan fingerprint density at radius 3 is 2.75 bits per heavy atom. The highest BCUT2D eigenvalue weighted by Crippen LogP contribution is 2.35. The van der Waals surface area contributed by atoms with Crippen LogP contribution >= 0.6 is 0 Å². The molecule has 1 heterocycles. The van der Waals surface area contributed by atoms with Gasteiger partial charge in [-0.2, -0.15) is 0 Å². The molecule has 1 aliphatic rings. The van der Waals surface area contributed by atoms with E-state index in [1.165, 1.54) is 0 Å². The Morgan fingerprint density at radius 1 is 1.15 bits per heavy atom. The van der Waals surface area contributed by atoms with Gasteiger partial charge in [-0.1, -0.05) is 18.2 Å². The molecular formula is C17H18O3. The van der Waals surface area contributed by atoms with Gasteiger partial charge in [0.25, 0.3) is 0 Å². The first-order chi connectivity index (χ1) is 9.61. The van der Waals surface area contributed by atoms with Crippen LogP contribution in [0.15, 0.2) is 42.5 Å². The van der Waals surface area contributed by atoms with Crippen LogP contribution in [0.4, 0.5) is 0 Å². The summed E-state index contributed by atoms with van der Waals surface area (Å²) in [6.07, 6.45) is 0.900. The summed E-state index contributed by atoms with van der Waals surface area (Å²) in [4.78, 5) is 0. The molecule has 1 atom stereocenters. The Hall–Kier alpha value is -2.00. The van der Waals surface area contributed by atoms with Crippen molar-refractivity contribution in [3.8, 4) is 11.5 Å². The minimum absolute atomic E-state index is 0.722. The van der Waals surface area contributed by atoms with E-state index in [1.807, 2.05) is 42.5 Å². The van der Waals surface area contributed by atoms with E-state index in [0.29, 0.717) is 0 Å². The van der Waals surface area contributed by atoms with E-state index in [0.717, 1.165) is 41.2 Å². The van der Waals surface area contributed by atoms with E-state index in [2.05, 4.69) is 0 Å². The minimum atomic E-state index is -1.05. The van der Waals surface area contributed by atoms with Gasteiger partial charge in [-0.25, -0.2) is 0 Å². The summed E-state index contributed by atoms with van der Waals surface area (Å²) >= 11 is 0. The number of methoxy groups -OCH3 is 1. The molecule has 0 aromatic heterocycles. The Labute approximate surface area is 118 Å². The lowest BCUT2D eigenvalue weighted by atomic mass is 9.87. The number of ether oxygens (including phenoxy) is 2. The van der Waals surface area contributed by atoms with Gasteiger partial charge >= 0.3 is 0 Å².